The number of ether oxygens (including phenoxy) is 1. The van der Waals surface area contributed by atoms with Crippen molar-refractivity contribution >= 4 is 0 Å². The predicted octanol–water partition coefficient (Wildman–Crippen LogP) is 0.705. The highest BCUT2D eigenvalue weighted by molar-refractivity contribution is 4.85. The molecule has 2 aliphatic rings. The third kappa shape index (κ3) is 2.27. The van der Waals surface area contributed by atoms with Crippen LogP contribution in [0.2, 0.25) is 0 Å². The van der Waals surface area contributed by atoms with Crippen molar-refractivity contribution in [3.63, 3.8) is 0 Å². The summed E-state index contributed by atoms with van der Waals surface area (Å²) < 4.78 is 5.47. The maximum absolute atomic E-state index is 5.47. The largest absolute Gasteiger partial charge is 0.379 e. The lowest BCUT2D eigenvalue weighted by Crippen LogP contribution is -2.55. The average molecular weight is 198 g/mol. The Morgan fingerprint density at radius 3 is 2.86 bits per heavy atom. The van der Waals surface area contributed by atoms with Gasteiger partial charge in [0.05, 0.1) is 13.2 Å². The maximum Gasteiger partial charge on any atom is 0.0619 e. The van der Waals surface area contributed by atoms with Crippen molar-refractivity contribution in [1.29, 1.82) is 0 Å². The Morgan fingerprint density at radius 1 is 1.29 bits per heavy atom. The van der Waals surface area contributed by atoms with Crippen molar-refractivity contribution < 1.29 is 4.74 Å². The van der Waals surface area contributed by atoms with Crippen LogP contribution in [0.3, 0.4) is 0 Å². The molecule has 0 saturated carbocycles. The molecule has 3 atom stereocenters. The third-order valence-corrected chi connectivity index (χ3v) is 3.44. The van der Waals surface area contributed by atoms with E-state index in [2.05, 4.69) is 24.1 Å². The van der Waals surface area contributed by atoms with Gasteiger partial charge in [-0.15, -0.1) is 0 Å². The fraction of sp³-hybridized carbons (Fsp3) is 1.00. The van der Waals surface area contributed by atoms with Gasteiger partial charge in [-0.25, -0.2) is 0 Å². The van der Waals surface area contributed by atoms with E-state index in [0.29, 0.717) is 6.04 Å². The van der Waals surface area contributed by atoms with Gasteiger partial charge in [0, 0.05) is 25.2 Å². The number of hydrogen-bond donors (Lipinski definition) is 1. The van der Waals surface area contributed by atoms with Gasteiger partial charge in [0.25, 0.3) is 0 Å². The SMILES string of the molecule is CC1CNCC(N2CCOCC2C)C1. The number of hydrogen-bond acceptors (Lipinski definition) is 3. The molecule has 0 aromatic heterocycles. The number of morpholine rings is 1. The summed E-state index contributed by atoms with van der Waals surface area (Å²) in [5.41, 5.74) is 0. The summed E-state index contributed by atoms with van der Waals surface area (Å²) >= 11 is 0. The lowest BCUT2D eigenvalue weighted by atomic mass is 9.95. The molecule has 2 heterocycles. The van der Waals surface area contributed by atoms with E-state index >= 15 is 0 Å². The number of piperidine rings is 1. The summed E-state index contributed by atoms with van der Waals surface area (Å²) in [6.07, 6.45) is 1.34. The average Bonchev–Trinajstić information content (AvgIpc) is 2.18. The van der Waals surface area contributed by atoms with E-state index in [9.17, 15) is 0 Å². The molecule has 2 saturated heterocycles. The minimum atomic E-state index is 0.598. The van der Waals surface area contributed by atoms with Crippen molar-refractivity contribution in [2.45, 2.75) is 32.4 Å². The topological polar surface area (TPSA) is 24.5 Å². The van der Waals surface area contributed by atoms with Crippen LogP contribution in [0.4, 0.5) is 0 Å². The smallest absolute Gasteiger partial charge is 0.0619 e. The van der Waals surface area contributed by atoms with Crippen LogP contribution in [0.1, 0.15) is 20.3 Å². The van der Waals surface area contributed by atoms with Gasteiger partial charge in [-0.2, -0.15) is 0 Å². The Bertz CT molecular complexity index is 186. The van der Waals surface area contributed by atoms with Gasteiger partial charge < -0.3 is 10.1 Å². The molecule has 0 radical (unpaired) electrons. The van der Waals surface area contributed by atoms with Gasteiger partial charge in [0.15, 0.2) is 0 Å². The molecule has 3 unspecified atom stereocenters. The summed E-state index contributed by atoms with van der Waals surface area (Å²) in [6.45, 7) is 9.90. The summed E-state index contributed by atoms with van der Waals surface area (Å²) in [4.78, 5) is 2.62. The molecule has 0 amide bonds. The molecule has 1 N–H and O–H groups in total. The lowest BCUT2D eigenvalue weighted by Gasteiger charge is -2.42. The minimum Gasteiger partial charge on any atom is -0.379 e. The molecule has 0 bridgehead atoms. The van der Waals surface area contributed by atoms with Crippen LogP contribution in [0.15, 0.2) is 0 Å². The number of rotatable bonds is 1. The molecule has 14 heavy (non-hydrogen) atoms. The second-order valence-electron chi connectivity index (χ2n) is 4.81. The van der Waals surface area contributed by atoms with Gasteiger partial charge >= 0.3 is 0 Å². The standard InChI is InChI=1S/C11H22N2O/c1-9-5-11(7-12-6-9)13-3-4-14-8-10(13)2/h9-12H,3-8H2,1-2H3. The normalized spacial score (nSPS) is 41.1. The Morgan fingerprint density at radius 2 is 2.14 bits per heavy atom. The predicted molar refractivity (Wildman–Crippen MR) is 57.4 cm³/mol. The molecule has 0 spiro atoms. The van der Waals surface area contributed by atoms with Crippen LogP contribution in [0, 0.1) is 5.92 Å². The molecule has 0 aromatic rings. The lowest BCUT2D eigenvalue weighted by molar-refractivity contribution is -0.0297. The van der Waals surface area contributed by atoms with E-state index in [4.69, 9.17) is 4.74 Å². The fourth-order valence-electron chi connectivity index (χ4n) is 2.66. The van der Waals surface area contributed by atoms with Gasteiger partial charge in [0.1, 0.15) is 0 Å². The fourth-order valence-corrected chi connectivity index (χ4v) is 2.66. The Labute approximate surface area is 86.8 Å². The van der Waals surface area contributed by atoms with Crippen molar-refractivity contribution in [3.05, 3.63) is 0 Å². The molecular weight excluding hydrogens is 176 g/mol. The first kappa shape index (κ1) is 10.4. The molecule has 3 nitrogen and oxygen atoms in total. The molecule has 0 aromatic carbocycles. The maximum atomic E-state index is 5.47. The van der Waals surface area contributed by atoms with E-state index < -0.39 is 0 Å². The van der Waals surface area contributed by atoms with Crippen LogP contribution in [-0.2, 0) is 4.74 Å². The Kier molecular flexibility index (Phi) is 3.42. The van der Waals surface area contributed by atoms with Gasteiger partial charge in [0.2, 0.25) is 0 Å². The highest BCUT2D eigenvalue weighted by Gasteiger charge is 2.29. The second-order valence-corrected chi connectivity index (χ2v) is 4.81. The monoisotopic (exact) mass is 198 g/mol. The zero-order chi connectivity index (χ0) is 9.97. The van der Waals surface area contributed by atoms with Gasteiger partial charge in [-0.3, -0.25) is 4.90 Å². The molecule has 82 valence electrons. The Hall–Kier alpha value is -0.120. The van der Waals surface area contributed by atoms with Gasteiger partial charge in [-0.1, -0.05) is 6.92 Å². The molecular formula is C11H22N2O. The Balaban J connectivity index is 1.91. The van der Waals surface area contributed by atoms with Crippen LogP contribution in [0.5, 0.6) is 0 Å². The highest BCUT2D eigenvalue weighted by atomic mass is 16.5. The van der Waals surface area contributed by atoms with Crippen molar-refractivity contribution in [1.82, 2.24) is 10.2 Å². The summed E-state index contributed by atoms with van der Waals surface area (Å²) in [5, 5.41) is 3.52. The zero-order valence-corrected chi connectivity index (χ0v) is 9.33. The van der Waals surface area contributed by atoms with E-state index in [1.165, 1.54) is 13.0 Å². The first-order valence-electron chi connectivity index (χ1n) is 5.81. The van der Waals surface area contributed by atoms with Crippen molar-refractivity contribution in [2.75, 3.05) is 32.8 Å². The molecule has 2 aliphatic heterocycles. The van der Waals surface area contributed by atoms with Crippen molar-refractivity contribution in [2.24, 2.45) is 5.92 Å². The molecule has 2 rings (SSSR count). The molecule has 3 heteroatoms. The van der Waals surface area contributed by atoms with Gasteiger partial charge in [-0.05, 0) is 25.8 Å². The zero-order valence-electron chi connectivity index (χ0n) is 9.33. The first-order valence-corrected chi connectivity index (χ1v) is 5.81. The van der Waals surface area contributed by atoms with E-state index in [1.807, 2.05) is 0 Å². The number of nitrogens with one attached hydrogen (secondary N) is 1. The third-order valence-electron chi connectivity index (χ3n) is 3.44. The van der Waals surface area contributed by atoms with Crippen LogP contribution in [0.25, 0.3) is 0 Å². The first-order chi connectivity index (χ1) is 6.77. The summed E-state index contributed by atoms with van der Waals surface area (Å²) in [6, 6.07) is 1.33. The van der Waals surface area contributed by atoms with Crippen LogP contribution in [-0.4, -0.2) is 49.8 Å². The summed E-state index contributed by atoms with van der Waals surface area (Å²) in [5.74, 6) is 0.823. The second kappa shape index (κ2) is 4.60. The summed E-state index contributed by atoms with van der Waals surface area (Å²) in [7, 11) is 0. The molecule has 0 aliphatic carbocycles. The minimum absolute atomic E-state index is 0.598. The molecule has 2 fully saturated rings. The van der Waals surface area contributed by atoms with Crippen molar-refractivity contribution in [3.8, 4) is 0 Å². The quantitative estimate of drug-likeness (QED) is 0.671. The van der Waals surface area contributed by atoms with E-state index in [1.54, 1.807) is 0 Å². The van der Waals surface area contributed by atoms with Crippen LogP contribution < -0.4 is 5.32 Å². The van der Waals surface area contributed by atoms with Crippen LogP contribution >= 0.6 is 0 Å². The van der Waals surface area contributed by atoms with E-state index in [-0.39, 0.29) is 0 Å². The van der Waals surface area contributed by atoms with E-state index in [0.717, 1.165) is 38.3 Å². The highest BCUT2D eigenvalue weighted by Crippen LogP contribution is 2.19. The number of nitrogens with zero attached hydrogens (tertiary/aromatic N) is 1.